The molecule has 0 amide bonds. The van der Waals surface area contributed by atoms with Crippen LogP contribution >= 0.6 is 0 Å². The second kappa shape index (κ2) is 8.84. The molecule has 0 fully saturated rings. The molecule has 0 saturated carbocycles. The molecule has 0 aliphatic carbocycles. The minimum atomic E-state index is -5.38. The van der Waals surface area contributed by atoms with Crippen LogP contribution in [0.2, 0.25) is 0 Å². The van der Waals surface area contributed by atoms with Crippen molar-refractivity contribution in [3.8, 4) is 0 Å². The highest BCUT2D eigenvalue weighted by Crippen LogP contribution is 2.23. The van der Waals surface area contributed by atoms with Gasteiger partial charge in [-0.25, -0.2) is 9.59 Å². The number of rotatable bonds is 8. The number of hydrogen-bond acceptors (Lipinski definition) is 4. The molecule has 0 heterocycles. The summed E-state index contributed by atoms with van der Waals surface area (Å²) in [5.74, 6) is -5.41. The topological polar surface area (TPSA) is 52.6 Å². The van der Waals surface area contributed by atoms with Gasteiger partial charge in [0.05, 0.1) is 0 Å². The number of unbranched alkanes of at least 4 members (excludes halogenated alkanes) is 4. The lowest BCUT2D eigenvalue weighted by molar-refractivity contribution is -0.241. The quantitative estimate of drug-likeness (QED) is 0.292. The van der Waals surface area contributed by atoms with Gasteiger partial charge in [0.15, 0.2) is 0 Å². The lowest BCUT2D eigenvalue weighted by Crippen LogP contribution is -2.36. The maximum absolute atomic E-state index is 12.0. The molecule has 0 aliphatic heterocycles. The number of esters is 2. The smallest absolute Gasteiger partial charge is 0.418 e. The number of carbonyl (C=O) groups is 2. The van der Waals surface area contributed by atoms with E-state index in [1.165, 1.54) is 0 Å². The van der Waals surface area contributed by atoms with E-state index in [2.05, 4.69) is 9.47 Å². The number of carbonyl (C=O) groups excluding carboxylic acids is 2. The van der Waals surface area contributed by atoms with Crippen molar-refractivity contribution in [1.29, 1.82) is 0 Å². The van der Waals surface area contributed by atoms with Crippen LogP contribution in [-0.4, -0.2) is 30.6 Å². The monoisotopic (exact) mass is 338 g/mol. The van der Waals surface area contributed by atoms with Crippen molar-refractivity contribution in [2.75, 3.05) is 0 Å². The molecular weight excluding hydrogens is 322 g/mol. The highest BCUT2D eigenvalue weighted by molar-refractivity contribution is 5.77. The Morgan fingerprint density at radius 2 is 1.23 bits per heavy atom. The average Bonchev–Trinajstić information content (AvgIpc) is 2.35. The van der Waals surface area contributed by atoms with Crippen molar-refractivity contribution < 1.29 is 45.4 Å². The zero-order valence-corrected chi connectivity index (χ0v) is 11.7. The molecule has 0 spiro atoms. The minimum absolute atomic E-state index is 0.154. The molecule has 0 aliphatic rings. The Hall–Kier alpha value is -1.48. The first-order valence-electron chi connectivity index (χ1n) is 6.54. The third kappa shape index (κ3) is 8.73. The van der Waals surface area contributed by atoms with Crippen molar-refractivity contribution in [2.24, 2.45) is 0 Å². The SMILES string of the molecule is CCCCCCCC(OC(=O)C(F)(F)F)OC(=O)C(F)(F)F. The molecule has 130 valence electrons. The minimum Gasteiger partial charge on any atom is -0.418 e. The normalized spacial score (nSPS) is 12.4. The lowest BCUT2D eigenvalue weighted by Gasteiger charge is -2.19. The van der Waals surface area contributed by atoms with Crippen molar-refractivity contribution >= 4 is 11.9 Å². The van der Waals surface area contributed by atoms with Gasteiger partial charge in [-0.2, -0.15) is 26.3 Å². The van der Waals surface area contributed by atoms with Gasteiger partial charge >= 0.3 is 24.3 Å². The van der Waals surface area contributed by atoms with E-state index in [4.69, 9.17) is 0 Å². The summed E-state index contributed by atoms with van der Waals surface area (Å²) >= 11 is 0. The predicted molar refractivity (Wildman–Crippen MR) is 61.5 cm³/mol. The van der Waals surface area contributed by atoms with E-state index < -0.39 is 37.0 Å². The first-order chi connectivity index (χ1) is 9.98. The fourth-order valence-corrected chi connectivity index (χ4v) is 1.43. The van der Waals surface area contributed by atoms with Gasteiger partial charge in [-0.1, -0.05) is 32.6 Å². The summed E-state index contributed by atoms with van der Waals surface area (Å²) in [6, 6.07) is 0. The Labute approximate surface area is 122 Å². The Morgan fingerprint density at radius 3 is 1.59 bits per heavy atom. The van der Waals surface area contributed by atoms with Crippen LogP contribution in [-0.2, 0) is 19.1 Å². The van der Waals surface area contributed by atoms with Crippen LogP contribution in [0.3, 0.4) is 0 Å². The van der Waals surface area contributed by atoms with E-state index in [1.54, 1.807) is 0 Å². The van der Waals surface area contributed by atoms with Gasteiger partial charge in [0, 0.05) is 6.42 Å². The maximum atomic E-state index is 12.0. The molecule has 0 aromatic heterocycles. The summed E-state index contributed by atoms with van der Waals surface area (Å²) in [5, 5.41) is 0. The Bertz CT molecular complexity index is 336. The van der Waals surface area contributed by atoms with Crippen LogP contribution in [0.1, 0.15) is 45.4 Å². The molecule has 0 radical (unpaired) electrons. The van der Waals surface area contributed by atoms with E-state index in [1.807, 2.05) is 6.92 Å². The average molecular weight is 338 g/mol. The zero-order chi connectivity index (χ0) is 17.4. The first-order valence-corrected chi connectivity index (χ1v) is 6.54. The van der Waals surface area contributed by atoms with Crippen molar-refractivity contribution in [3.63, 3.8) is 0 Å². The van der Waals surface area contributed by atoms with E-state index in [0.29, 0.717) is 12.8 Å². The molecule has 0 rings (SSSR count). The van der Waals surface area contributed by atoms with Gasteiger partial charge in [0.2, 0.25) is 6.29 Å². The van der Waals surface area contributed by atoms with Crippen LogP contribution in [0.25, 0.3) is 0 Å². The molecule has 0 N–H and O–H groups in total. The number of hydrogen-bond donors (Lipinski definition) is 0. The van der Waals surface area contributed by atoms with Gasteiger partial charge < -0.3 is 9.47 Å². The number of ether oxygens (including phenoxy) is 2. The third-order valence-electron chi connectivity index (χ3n) is 2.48. The molecule has 0 bridgehead atoms. The van der Waals surface area contributed by atoms with E-state index in [-0.39, 0.29) is 6.42 Å². The standard InChI is InChI=1S/C12H16F6O4/c1-2-3-4-5-6-7-8(21-9(19)11(13,14)15)22-10(20)12(16,17)18/h8H,2-7H2,1H3. The Balaban J connectivity index is 4.56. The Morgan fingerprint density at radius 1 is 0.818 bits per heavy atom. The molecule has 0 atom stereocenters. The Kier molecular flexibility index (Phi) is 8.25. The van der Waals surface area contributed by atoms with Crippen LogP contribution in [0, 0.1) is 0 Å². The van der Waals surface area contributed by atoms with Gasteiger partial charge in [0.1, 0.15) is 0 Å². The summed E-state index contributed by atoms with van der Waals surface area (Å²) in [6.07, 6.45) is -10.3. The van der Waals surface area contributed by atoms with Crippen LogP contribution in [0.4, 0.5) is 26.3 Å². The molecule has 0 saturated heterocycles. The first kappa shape index (κ1) is 20.5. The lowest BCUT2D eigenvalue weighted by atomic mass is 10.1. The summed E-state index contributed by atoms with van der Waals surface area (Å²) in [5.41, 5.74) is 0. The van der Waals surface area contributed by atoms with Crippen LogP contribution in [0.15, 0.2) is 0 Å². The van der Waals surface area contributed by atoms with E-state index in [0.717, 1.165) is 12.8 Å². The number of halogens is 6. The van der Waals surface area contributed by atoms with Crippen LogP contribution < -0.4 is 0 Å². The summed E-state index contributed by atoms with van der Waals surface area (Å²) < 4.78 is 79.8. The molecule has 4 nitrogen and oxygen atoms in total. The molecule has 0 unspecified atom stereocenters. The molecule has 0 aromatic rings. The summed E-state index contributed by atoms with van der Waals surface area (Å²) in [4.78, 5) is 21.2. The molecule has 0 aromatic carbocycles. The third-order valence-corrected chi connectivity index (χ3v) is 2.48. The maximum Gasteiger partial charge on any atom is 0.491 e. The largest absolute Gasteiger partial charge is 0.491 e. The van der Waals surface area contributed by atoms with Crippen molar-refractivity contribution in [2.45, 2.75) is 64.1 Å². The molecule has 22 heavy (non-hydrogen) atoms. The van der Waals surface area contributed by atoms with Gasteiger partial charge in [0.25, 0.3) is 0 Å². The molecular formula is C12H16F6O4. The van der Waals surface area contributed by atoms with Gasteiger partial charge in [-0.15, -0.1) is 0 Å². The second-order valence-corrected chi connectivity index (χ2v) is 4.44. The zero-order valence-electron chi connectivity index (χ0n) is 11.7. The summed E-state index contributed by atoms with van der Waals surface area (Å²) in [6.45, 7) is 1.92. The highest BCUT2D eigenvalue weighted by Gasteiger charge is 2.46. The van der Waals surface area contributed by atoms with Crippen LogP contribution in [0.5, 0.6) is 0 Å². The fraction of sp³-hybridized carbons (Fsp3) is 0.833. The molecule has 10 heteroatoms. The van der Waals surface area contributed by atoms with E-state index >= 15 is 0 Å². The number of alkyl halides is 6. The second-order valence-electron chi connectivity index (χ2n) is 4.44. The fourth-order valence-electron chi connectivity index (χ4n) is 1.43. The highest BCUT2D eigenvalue weighted by atomic mass is 19.4. The van der Waals surface area contributed by atoms with Gasteiger partial charge in [-0.3, -0.25) is 0 Å². The van der Waals surface area contributed by atoms with E-state index in [9.17, 15) is 35.9 Å². The van der Waals surface area contributed by atoms with Crippen molar-refractivity contribution in [3.05, 3.63) is 0 Å². The van der Waals surface area contributed by atoms with Crippen molar-refractivity contribution in [1.82, 2.24) is 0 Å². The predicted octanol–water partition coefficient (Wildman–Crippen LogP) is 3.88. The van der Waals surface area contributed by atoms with Gasteiger partial charge in [-0.05, 0) is 6.42 Å². The summed E-state index contributed by atoms with van der Waals surface area (Å²) in [7, 11) is 0.